The highest BCUT2D eigenvalue weighted by Gasteiger charge is 2.20. The molecule has 0 aromatic rings. The summed E-state index contributed by atoms with van der Waals surface area (Å²) in [5.41, 5.74) is 5.90. The second kappa shape index (κ2) is 6.87. The van der Waals surface area contributed by atoms with Crippen LogP contribution in [0.25, 0.3) is 0 Å². The first-order valence-corrected chi connectivity index (χ1v) is 6.17. The van der Waals surface area contributed by atoms with Crippen LogP contribution in [0, 0.1) is 18.3 Å². The quantitative estimate of drug-likeness (QED) is 0.699. The molecule has 0 unspecified atom stereocenters. The van der Waals surface area contributed by atoms with Gasteiger partial charge in [0.2, 0.25) is 0 Å². The van der Waals surface area contributed by atoms with Crippen LogP contribution in [-0.2, 0) is 0 Å². The first-order valence-electron chi connectivity index (χ1n) is 6.17. The maximum atomic E-state index is 5.90. The molecular weight excluding hydrogens is 184 g/mol. The molecule has 1 rings (SSSR count). The van der Waals surface area contributed by atoms with Crippen LogP contribution in [0.3, 0.4) is 0 Å². The van der Waals surface area contributed by atoms with Crippen molar-refractivity contribution in [3.05, 3.63) is 0 Å². The molecule has 1 aliphatic carbocycles. The molecule has 2 nitrogen and oxygen atoms in total. The predicted octanol–water partition coefficient (Wildman–Crippen LogP) is 1.85. The zero-order chi connectivity index (χ0) is 11.1. The highest BCUT2D eigenvalue weighted by molar-refractivity contribution is 4.89. The maximum absolute atomic E-state index is 5.90. The summed E-state index contributed by atoms with van der Waals surface area (Å²) >= 11 is 0. The molecule has 86 valence electrons. The van der Waals surface area contributed by atoms with Crippen LogP contribution in [-0.4, -0.2) is 30.6 Å². The molecule has 0 atom stereocenters. The largest absolute Gasteiger partial charge is 0.328 e. The first-order chi connectivity index (χ1) is 7.26. The van der Waals surface area contributed by atoms with E-state index in [-0.39, 0.29) is 0 Å². The molecule has 0 aliphatic heterocycles. The average molecular weight is 208 g/mol. The number of rotatable bonds is 5. The average Bonchev–Trinajstić information content (AvgIpc) is 2.22. The van der Waals surface area contributed by atoms with Crippen molar-refractivity contribution in [3.63, 3.8) is 0 Å². The van der Waals surface area contributed by atoms with Gasteiger partial charge in [0, 0.05) is 12.6 Å². The summed E-state index contributed by atoms with van der Waals surface area (Å²) in [4.78, 5) is 2.40. The van der Waals surface area contributed by atoms with Crippen LogP contribution >= 0.6 is 0 Å². The molecule has 0 saturated heterocycles. The number of hydrogen-bond donors (Lipinski definition) is 1. The minimum atomic E-state index is 0.452. The van der Waals surface area contributed by atoms with Crippen LogP contribution in [0.15, 0.2) is 0 Å². The van der Waals surface area contributed by atoms with Gasteiger partial charge in [-0.1, -0.05) is 12.8 Å². The van der Waals surface area contributed by atoms with Gasteiger partial charge in [-0.15, -0.1) is 6.42 Å². The number of nitrogens with two attached hydrogens (primary N) is 1. The Morgan fingerprint density at radius 1 is 1.33 bits per heavy atom. The summed E-state index contributed by atoms with van der Waals surface area (Å²) in [5.74, 6) is 3.58. The number of hydrogen-bond acceptors (Lipinski definition) is 2. The van der Waals surface area contributed by atoms with E-state index in [1.54, 1.807) is 0 Å². The Labute approximate surface area is 94.2 Å². The lowest BCUT2D eigenvalue weighted by atomic mass is 9.86. The molecule has 2 N–H and O–H groups in total. The Bertz CT molecular complexity index is 199. The molecule has 0 radical (unpaired) electrons. The fraction of sp³-hybridized carbons (Fsp3) is 0.846. The monoisotopic (exact) mass is 208 g/mol. The molecule has 15 heavy (non-hydrogen) atoms. The Balaban J connectivity index is 2.28. The minimum Gasteiger partial charge on any atom is -0.328 e. The van der Waals surface area contributed by atoms with E-state index in [0.29, 0.717) is 6.04 Å². The van der Waals surface area contributed by atoms with Crippen molar-refractivity contribution in [3.8, 4) is 12.3 Å². The van der Waals surface area contributed by atoms with Gasteiger partial charge in [-0.25, -0.2) is 0 Å². The van der Waals surface area contributed by atoms with E-state index < -0.39 is 0 Å². The predicted molar refractivity (Wildman–Crippen MR) is 65.5 cm³/mol. The maximum Gasteiger partial charge on any atom is 0.0599 e. The van der Waals surface area contributed by atoms with E-state index >= 15 is 0 Å². The van der Waals surface area contributed by atoms with Gasteiger partial charge in [-0.2, -0.15) is 0 Å². The molecule has 1 fully saturated rings. The fourth-order valence-corrected chi connectivity index (χ4v) is 2.42. The van der Waals surface area contributed by atoms with E-state index in [1.807, 2.05) is 0 Å². The molecule has 1 saturated carbocycles. The van der Waals surface area contributed by atoms with Crippen LogP contribution in [0.5, 0.6) is 0 Å². The normalized spacial score (nSPS) is 26.5. The van der Waals surface area contributed by atoms with Crippen molar-refractivity contribution in [1.29, 1.82) is 0 Å². The van der Waals surface area contributed by atoms with E-state index in [4.69, 9.17) is 12.2 Å². The van der Waals surface area contributed by atoms with E-state index in [9.17, 15) is 0 Å². The summed E-state index contributed by atoms with van der Waals surface area (Å²) in [7, 11) is 0. The highest BCUT2D eigenvalue weighted by Crippen LogP contribution is 2.23. The third-order valence-electron chi connectivity index (χ3n) is 3.26. The number of nitrogens with zero attached hydrogens (tertiary/aromatic N) is 1. The van der Waals surface area contributed by atoms with E-state index in [2.05, 4.69) is 17.7 Å². The molecule has 0 spiro atoms. The second-order valence-electron chi connectivity index (χ2n) is 4.72. The van der Waals surface area contributed by atoms with Crippen molar-refractivity contribution in [1.82, 2.24) is 4.90 Å². The van der Waals surface area contributed by atoms with E-state index in [1.165, 1.54) is 38.6 Å². The molecule has 2 heteroatoms. The van der Waals surface area contributed by atoms with Gasteiger partial charge < -0.3 is 5.73 Å². The summed E-state index contributed by atoms with van der Waals surface area (Å²) in [5, 5.41) is 0. The third-order valence-corrected chi connectivity index (χ3v) is 3.26. The van der Waals surface area contributed by atoms with Crippen molar-refractivity contribution in [2.45, 2.75) is 45.1 Å². The molecule has 0 aromatic heterocycles. The standard InChI is InChI=1S/C13H24N2/c1-3-9-15(10-4-2)11-12-5-7-13(14)8-6-12/h1,12-13H,4-11,14H2,2H3. The third kappa shape index (κ3) is 4.68. The summed E-state index contributed by atoms with van der Waals surface area (Å²) < 4.78 is 0. The Hall–Kier alpha value is -0.520. The van der Waals surface area contributed by atoms with Crippen molar-refractivity contribution < 1.29 is 0 Å². The van der Waals surface area contributed by atoms with Gasteiger partial charge >= 0.3 is 0 Å². The van der Waals surface area contributed by atoms with Crippen LogP contribution < -0.4 is 5.73 Å². The Kier molecular flexibility index (Phi) is 5.75. The Morgan fingerprint density at radius 3 is 2.53 bits per heavy atom. The lowest BCUT2D eigenvalue weighted by Crippen LogP contribution is -2.35. The van der Waals surface area contributed by atoms with Crippen molar-refractivity contribution in [2.75, 3.05) is 19.6 Å². The molecule has 0 amide bonds. The highest BCUT2D eigenvalue weighted by atomic mass is 15.1. The summed E-state index contributed by atoms with van der Waals surface area (Å²) in [6, 6.07) is 0.452. The van der Waals surface area contributed by atoms with Crippen LogP contribution in [0.2, 0.25) is 0 Å². The van der Waals surface area contributed by atoms with Gasteiger partial charge in [0.1, 0.15) is 0 Å². The zero-order valence-corrected chi connectivity index (χ0v) is 9.91. The summed E-state index contributed by atoms with van der Waals surface area (Å²) in [6.07, 6.45) is 11.5. The van der Waals surface area contributed by atoms with Crippen LogP contribution in [0.4, 0.5) is 0 Å². The Morgan fingerprint density at radius 2 is 2.00 bits per heavy atom. The van der Waals surface area contributed by atoms with Gasteiger partial charge in [0.15, 0.2) is 0 Å². The first kappa shape index (κ1) is 12.5. The smallest absolute Gasteiger partial charge is 0.0599 e. The molecular formula is C13H24N2. The van der Waals surface area contributed by atoms with Crippen molar-refractivity contribution >= 4 is 0 Å². The van der Waals surface area contributed by atoms with Crippen molar-refractivity contribution in [2.24, 2.45) is 11.7 Å². The van der Waals surface area contributed by atoms with Gasteiger partial charge in [0.25, 0.3) is 0 Å². The molecule has 0 aromatic carbocycles. The van der Waals surface area contributed by atoms with Crippen LogP contribution in [0.1, 0.15) is 39.0 Å². The minimum absolute atomic E-state index is 0.452. The lowest BCUT2D eigenvalue weighted by Gasteiger charge is -2.30. The van der Waals surface area contributed by atoms with Gasteiger partial charge in [0.05, 0.1) is 6.54 Å². The molecule has 1 aliphatic rings. The second-order valence-corrected chi connectivity index (χ2v) is 4.72. The SMILES string of the molecule is C#CCN(CCC)CC1CCC(N)CC1. The zero-order valence-electron chi connectivity index (χ0n) is 9.91. The fourth-order valence-electron chi connectivity index (χ4n) is 2.42. The van der Waals surface area contributed by atoms with Gasteiger partial charge in [-0.05, 0) is 44.6 Å². The van der Waals surface area contributed by atoms with Gasteiger partial charge in [-0.3, -0.25) is 4.90 Å². The van der Waals surface area contributed by atoms with E-state index in [0.717, 1.165) is 19.0 Å². The molecule has 0 bridgehead atoms. The number of terminal acetylenes is 1. The lowest BCUT2D eigenvalue weighted by molar-refractivity contribution is 0.211. The summed E-state index contributed by atoms with van der Waals surface area (Å²) in [6.45, 7) is 5.31. The molecule has 0 heterocycles. The topological polar surface area (TPSA) is 29.3 Å².